The van der Waals surface area contributed by atoms with E-state index in [9.17, 15) is 18.0 Å². The van der Waals surface area contributed by atoms with Crippen molar-refractivity contribution in [1.82, 2.24) is 15.0 Å². The molecule has 2 aromatic heterocycles. The SMILES string of the molecule is CC.CCC.O=C(O)Cc1ccc(N2CCN(c3ccc(-c4ncc(C(F)(F)F)[nH]4)cn3)CC2)cc1. The number of nitrogens with one attached hydrogen (secondary N) is 1. The van der Waals surface area contributed by atoms with Gasteiger partial charge in [0.25, 0.3) is 0 Å². The van der Waals surface area contributed by atoms with Crippen LogP contribution in [0.5, 0.6) is 0 Å². The number of nitrogens with zero attached hydrogens (tertiary/aromatic N) is 4. The highest BCUT2D eigenvalue weighted by atomic mass is 19.4. The van der Waals surface area contributed by atoms with Crippen molar-refractivity contribution in [2.24, 2.45) is 0 Å². The number of hydrogen-bond donors (Lipinski definition) is 2. The van der Waals surface area contributed by atoms with Crippen LogP contribution in [0.1, 0.15) is 45.4 Å². The average Bonchev–Trinajstić information content (AvgIpc) is 3.38. The van der Waals surface area contributed by atoms with E-state index >= 15 is 0 Å². The van der Waals surface area contributed by atoms with Gasteiger partial charge in [0, 0.05) is 43.6 Å². The van der Waals surface area contributed by atoms with Crippen molar-refractivity contribution < 1.29 is 23.1 Å². The first-order valence-corrected chi connectivity index (χ1v) is 12.1. The zero-order valence-corrected chi connectivity index (χ0v) is 21.1. The third kappa shape index (κ3) is 8.00. The van der Waals surface area contributed by atoms with Crippen LogP contribution in [0.3, 0.4) is 0 Å². The number of benzene rings is 1. The number of piperazine rings is 1. The van der Waals surface area contributed by atoms with Crippen LogP contribution in [-0.2, 0) is 17.4 Å². The van der Waals surface area contributed by atoms with Gasteiger partial charge < -0.3 is 19.9 Å². The van der Waals surface area contributed by atoms with Gasteiger partial charge in [-0.25, -0.2) is 9.97 Å². The summed E-state index contributed by atoms with van der Waals surface area (Å²) >= 11 is 0. The molecule has 3 heterocycles. The summed E-state index contributed by atoms with van der Waals surface area (Å²) < 4.78 is 38.2. The number of imidazole rings is 1. The van der Waals surface area contributed by atoms with Crippen LogP contribution in [-0.4, -0.2) is 52.2 Å². The Bertz CT molecular complexity index is 1060. The molecule has 2 N–H and O–H groups in total. The number of pyridine rings is 1. The molecule has 0 amide bonds. The zero-order valence-electron chi connectivity index (χ0n) is 21.1. The predicted molar refractivity (Wildman–Crippen MR) is 136 cm³/mol. The molecule has 36 heavy (non-hydrogen) atoms. The molecule has 1 fully saturated rings. The van der Waals surface area contributed by atoms with Crippen LogP contribution in [0.15, 0.2) is 48.8 Å². The number of carboxylic acid groups (broad SMARTS) is 1. The van der Waals surface area contributed by atoms with E-state index in [-0.39, 0.29) is 12.2 Å². The van der Waals surface area contributed by atoms with E-state index < -0.39 is 17.8 Å². The van der Waals surface area contributed by atoms with E-state index in [1.54, 1.807) is 12.1 Å². The number of hydrogen-bond acceptors (Lipinski definition) is 5. The molecule has 196 valence electrons. The Morgan fingerprint density at radius 3 is 2.00 bits per heavy atom. The number of carboxylic acids is 1. The van der Waals surface area contributed by atoms with E-state index in [1.807, 2.05) is 38.1 Å². The Morgan fingerprint density at radius 1 is 0.944 bits per heavy atom. The second-order valence-corrected chi connectivity index (χ2v) is 7.97. The van der Waals surface area contributed by atoms with Crippen molar-refractivity contribution in [3.05, 3.63) is 60.0 Å². The Kier molecular flexibility index (Phi) is 10.8. The first-order valence-electron chi connectivity index (χ1n) is 12.1. The number of alkyl halides is 3. The third-order valence-corrected chi connectivity index (χ3v) is 5.16. The topological polar surface area (TPSA) is 85.4 Å². The molecular formula is C26H34F3N5O2. The standard InChI is InChI=1S/C21H20F3N5O2.C3H8.C2H6/c22-21(23,24)17-13-26-20(27-17)15-3-6-18(25-12-15)29-9-7-28(8-10-29)16-4-1-14(2-5-16)11-19(30)31;1-3-2;1-2/h1-6,12-13H,7-11H2,(H,26,27)(H,30,31);3H2,1-2H3;1-2H3. The van der Waals surface area contributed by atoms with Gasteiger partial charge in [0.05, 0.1) is 12.6 Å². The van der Waals surface area contributed by atoms with Crippen molar-refractivity contribution in [1.29, 1.82) is 0 Å². The summed E-state index contributed by atoms with van der Waals surface area (Å²) in [6.45, 7) is 11.3. The summed E-state index contributed by atoms with van der Waals surface area (Å²) in [7, 11) is 0. The van der Waals surface area contributed by atoms with Gasteiger partial charge in [-0.3, -0.25) is 4.79 Å². The molecule has 0 aliphatic carbocycles. The lowest BCUT2D eigenvalue weighted by Gasteiger charge is -2.36. The molecule has 1 saturated heterocycles. The normalized spacial score (nSPS) is 13.3. The molecule has 0 unspecified atom stereocenters. The van der Waals surface area contributed by atoms with Gasteiger partial charge in [-0.15, -0.1) is 0 Å². The van der Waals surface area contributed by atoms with E-state index in [4.69, 9.17) is 5.11 Å². The Morgan fingerprint density at radius 2 is 1.53 bits per heavy atom. The van der Waals surface area contributed by atoms with Crippen LogP contribution >= 0.6 is 0 Å². The minimum atomic E-state index is -4.46. The number of aliphatic carboxylic acids is 1. The molecule has 1 aliphatic rings. The molecule has 10 heteroatoms. The van der Waals surface area contributed by atoms with Crippen LogP contribution in [0.25, 0.3) is 11.4 Å². The second kappa shape index (κ2) is 13.5. The first kappa shape index (κ1) is 28.7. The smallest absolute Gasteiger partial charge is 0.432 e. The molecule has 0 atom stereocenters. The molecule has 0 radical (unpaired) electrons. The summed E-state index contributed by atoms with van der Waals surface area (Å²) in [5, 5.41) is 8.87. The maximum absolute atomic E-state index is 12.7. The molecule has 0 saturated carbocycles. The Hall–Kier alpha value is -3.56. The second-order valence-electron chi connectivity index (χ2n) is 7.97. The molecule has 7 nitrogen and oxygen atoms in total. The monoisotopic (exact) mass is 505 g/mol. The Balaban J connectivity index is 0.000000850. The number of H-pyrrole nitrogens is 1. The maximum atomic E-state index is 12.7. The van der Waals surface area contributed by atoms with Crippen molar-refractivity contribution in [2.45, 2.75) is 46.7 Å². The van der Waals surface area contributed by atoms with Gasteiger partial charge >= 0.3 is 12.1 Å². The van der Waals surface area contributed by atoms with Crippen LogP contribution in [0, 0.1) is 0 Å². The molecule has 1 aromatic carbocycles. The van der Waals surface area contributed by atoms with E-state index in [2.05, 4.69) is 38.6 Å². The molecule has 3 aromatic rings. The first-order chi connectivity index (χ1) is 17.2. The van der Waals surface area contributed by atoms with Crippen molar-refractivity contribution in [2.75, 3.05) is 36.0 Å². The van der Waals surface area contributed by atoms with Gasteiger partial charge in [0.2, 0.25) is 0 Å². The summed E-state index contributed by atoms with van der Waals surface area (Å²) in [6.07, 6.45) is -0.918. The van der Waals surface area contributed by atoms with Crippen molar-refractivity contribution in [3.8, 4) is 11.4 Å². The minimum Gasteiger partial charge on any atom is -0.481 e. The van der Waals surface area contributed by atoms with Gasteiger partial charge in [-0.05, 0) is 29.8 Å². The average molecular weight is 506 g/mol. The number of aromatic nitrogens is 3. The largest absolute Gasteiger partial charge is 0.481 e. The van der Waals surface area contributed by atoms with Gasteiger partial charge in [0.1, 0.15) is 17.3 Å². The van der Waals surface area contributed by atoms with Crippen molar-refractivity contribution in [3.63, 3.8) is 0 Å². The lowest BCUT2D eigenvalue weighted by atomic mass is 10.1. The number of anilines is 2. The van der Waals surface area contributed by atoms with E-state index in [0.717, 1.165) is 49.4 Å². The van der Waals surface area contributed by atoms with Crippen LogP contribution < -0.4 is 9.80 Å². The number of carbonyl (C=O) groups is 1. The molecule has 4 rings (SSSR count). The predicted octanol–water partition coefficient (Wildman–Crippen LogP) is 5.89. The maximum Gasteiger partial charge on any atom is 0.432 e. The highest BCUT2D eigenvalue weighted by Gasteiger charge is 2.33. The molecule has 0 bridgehead atoms. The van der Waals surface area contributed by atoms with Gasteiger partial charge in [0.15, 0.2) is 0 Å². The van der Waals surface area contributed by atoms with Crippen LogP contribution in [0.4, 0.5) is 24.7 Å². The quantitative estimate of drug-likeness (QED) is 0.450. The van der Waals surface area contributed by atoms with Gasteiger partial charge in [-0.1, -0.05) is 46.2 Å². The number of aromatic amines is 1. The summed E-state index contributed by atoms with van der Waals surface area (Å²) in [4.78, 5) is 25.6. The van der Waals surface area contributed by atoms with Gasteiger partial charge in [-0.2, -0.15) is 13.2 Å². The lowest BCUT2D eigenvalue weighted by molar-refractivity contribution is -0.141. The fourth-order valence-electron chi connectivity index (χ4n) is 3.52. The van der Waals surface area contributed by atoms with Crippen molar-refractivity contribution >= 4 is 17.5 Å². The molecule has 1 aliphatic heterocycles. The third-order valence-electron chi connectivity index (χ3n) is 5.16. The van der Waals surface area contributed by atoms with E-state index in [0.29, 0.717) is 5.56 Å². The summed E-state index contributed by atoms with van der Waals surface area (Å²) in [5.74, 6) is 0.0260. The summed E-state index contributed by atoms with van der Waals surface area (Å²) in [5.41, 5.74) is 1.39. The number of halogens is 3. The zero-order chi connectivity index (χ0) is 26.7. The highest BCUT2D eigenvalue weighted by molar-refractivity contribution is 5.70. The fourth-order valence-corrected chi connectivity index (χ4v) is 3.52. The highest BCUT2D eigenvalue weighted by Crippen LogP contribution is 2.29. The number of rotatable bonds is 5. The molecular weight excluding hydrogens is 471 g/mol. The Labute approximate surface area is 210 Å². The molecule has 0 spiro atoms. The minimum absolute atomic E-state index is 0.00520. The summed E-state index contributed by atoms with van der Waals surface area (Å²) in [6, 6.07) is 11.0. The van der Waals surface area contributed by atoms with Crippen LogP contribution in [0.2, 0.25) is 0 Å². The lowest BCUT2D eigenvalue weighted by Crippen LogP contribution is -2.46. The van der Waals surface area contributed by atoms with E-state index in [1.165, 1.54) is 12.6 Å². The fraction of sp³-hybridized carbons (Fsp3) is 0.423.